The van der Waals surface area contributed by atoms with Gasteiger partial charge in [0.05, 0.1) is 32.2 Å². The monoisotopic (exact) mass is 328 g/mol. The van der Waals surface area contributed by atoms with Crippen LogP contribution in [0.25, 0.3) is 0 Å². The van der Waals surface area contributed by atoms with Crippen LogP contribution >= 0.6 is 23.2 Å². The number of hydrogen-bond donors (Lipinski definition) is 1. The first-order valence-corrected chi connectivity index (χ1v) is 7.71. The Morgan fingerprint density at radius 1 is 1.10 bits per heavy atom. The zero-order valence-corrected chi connectivity index (χ0v) is 12.5. The molecule has 20 heavy (non-hydrogen) atoms. The van der Waals surface area contributed by atoms with E-state index in [0.717, 1.165) is 0 Å². The van der Waals surface area contributed by atoms with E-state index in [4.69, 9.17) is 28.3 Å². The van der Waals surface area contributed by atoms with Gasteiger partial charge in [0, 0.05) is 4.90 Å². The average Bonchev–Trinajstić information content (AvgIpc) is 2.44. The Morgan fingerprint density at radius 3 is 2.35 bits per heavy atom. The predicted octanol–water partition coefficient (Wildman–Crippen LogP) is 4.00. The summed E-state index contributed by atoms with van der Waals surface area (Å²) in [5.74, 6) is -0.786. The lowest BCUT2D eigenvalue weighted by atomic mass is 10.2. The Balaban J connectivity index is 2.20. The fourth-order valence-electron chi connectivity index (χ4n) is 1.63. The highest BCUT2D eigenvalue weighted by Gasteiger charge is 2.11. The van der Waals surface area contributed by atoms with Crippen molar-refractivity contribution in [3.05, 3.63) is 63.6 Å². The Kier molecular flexibility index (Phi) is 4.81. The lowest BCUT2D eigenvalue weighted by Crippen LogP contribution is -2.00. The standard InChI is InChI=1S/C14H10Cl2O3S/c15-12-3-1-2-10(13(12)16)8-20(19)11-6-4-9(5-7-11)14(17)18/h1-7H,8H2,(H,17,18). The molecule has 2 aromatic carbocycles. The molecule has 1 unspecified atom stereocenters. The smallest absolute Gasteiger partial charge is 0.335 e. The molecule has 1 N–H and O–H groups in total. The molecule has 0 fully saturated rings. The highest BCUT2D eigenvalue weighted by atomic mass is 35.5. The zero-order valence-electron chi connectivity index (χ0n) is 10.2. The molecule has 0 saturated heterocycles. The van der Waals surface area contributed by atoms with Crippen LogP contribution in [0.1, 0.15) is 15.9 Å². The van der Waals surface area contributed by atoms with Gasteiger partial charge in [0.25, 0.3) is 0 Å². The van der Waals surface area contributed by atoms with Crippen molar-refractivity contribution in [1.82, 2.24) is 0 Å². The predicted molar refractivity (Wildman–Crippen MR) is 80.0 cm³/mol. The molecular formula is C14H10Cl2O3S. The fraction of sp³-hybridized carbons (Fsp3) is 0.0714. The summed E-state index contributed by atoms with van der Waals surface area (Å²) in [5.41, 5.74) is 0.853. The average molecular weight is 329 g/mol. The Bertz CT molecular complexity index is 669. The Morgan fingerprint density at radius 2 is 1.75 bits per heavy atom. The molecule has 2 aromatic rings. The molecule has 0 bridgehead atoms. The van der Waals surface area contributed by atoms with Crippen molar-refractivity contribution in [3.8, 4) is 0 Å². The maximum atomic E-state index is 12.2. The minimum atomic E-state index is -1.31. The lowest BCUT2D eigenvalue weighted by Gasteiger charge is -2.06. The minimum absolute atomic E-state index is 0.159. The number of rotatable bonds is 4. The molecule has 0 aromatic heterocycles. The van der Waals surface area contributed by atoms with Gasteiger partial charge in [0.1, 0.15) is 0 Å². The van der Waals surface area contributed by atoms with Gasteiger partial charge in [-0.25, -0.2) is 4.79 Å². The van der Waals surface area contributed by atoms with Crippen molar-refractivity contribution in [1.29, 1.82) is 0 Å². The first kappa shape index (κ1) is 15.0. The second kappa shape index (κ2) is 6.39. The molecule has 0 amide bonds. The summed E-state index contributed by atoms with van der Waals surface area (Å²) in [7, 11) is -1.31. The van der Waals surface area contributed by atoms with Gasteiger partial charge in [0.2, 0.25) is 0 Å². The van der Waals surface area contributed by atoms with Crippen LogP contribution in [0.4, 0.5) is 0 Å². The van der Waals surface area contributed by atoms with Gasteiger partial charge in [-0.2, -0.15) is 0 Å². The third-order valence-electron chi connectivity index (χ3n) is 2.68. The van der Waals surface area contributed by atoms with Crippen molar-refractivity contribution in [2.75, 3.05) is 0 Å². The third kappa shape index (κ3) is 3.39. The number of carboxylic acid groups (broad SMARTS) is 1. The van der Waals surface area contributed by atoms with Crippen molar-refractivity contribution >= 4 is 40.0 Å². The molecule has 0 saturated carbocycles. The normalized spacial score (nSPS) is 12.1. The zero-order chi connectivity index (χ0) is 14.7. The topological polar surface area (TPSA) is 54.4 Å². The van der Waals surface area contributed by atoms with Gasteiger partial charge < -0.3 is 5.11 Å². The van der Waals surface area contributed by atoms with Crippen molar-refractivity contribution in [3.63, 3.8) is 0 Å². The van der Waals surface area contributed by atoms with Gasteiger partial charge in [-0.1, -0.05) is 35.3 Å². The van der Waals surface area contributed by atoms with Crippen molar-refractivity contribution in [2.24, 2.45) is 0 Å². The maximum absolute atomic E-state index is 12.2. The first-order chi connectivity index (χ1) is 9.49. The van der Waals surface area contributed by atoms with Crippen LogP contribution in [-0.2, 0) is 16.6 Å². The molecule has 0 radical (unpaired) electrons. The molecule has 0 aliphatic rings. The maximum Gasteiger partial charge on any atom is 0.335 e. The van der Waals surface area contributed by atoms with Crippen LogP contribution < -0.4 is 0 Å². The highest BCUT2D eigenvalue weighted by Crippen LogP contribution is 2.27. The highest BCUT2D eigenvalue weighted by molar-refractivity contribution is 7.84. The van der Waals surface area contributed by atoms with E-state index in [1.165, 1.54) is 24.3 Å². The minimum Gasteiger partial charge on any atom is -0.478 e. The fourth-order valence-corrected chi connectivity index (χ4v) is 3.23. The van der Waals surface area contributed by atoms with E-state index < -0.39 is 16.8 Å². The number of benzene rings is 2. The summed E-state index contributed by atoms with van der Waals surface area (Å²) < 4.78 is 12.2. The van der Waals surface area contributed by atoms with E-state index in [0.29, 0.717) is 20.5 Å². The van der Waals surface area contributed by atoms with E-state index >= 15 is 0 Å². The van der Waals surface area contributed by atoms with Gasteiger partial charge >= 0.3 is 5.97 Å². The van der Waals surface area contributed by atoms with Crippen molar-refractivity contribution < 1.29 is 14.1 Å². The van der Waals surface area contributed by atoms with Crippen LogP contribution in [0.5, 0.6) is 0 Å². The second-order valence-corrected chi connectivity index (χ2v) is 6.27. The van der Waals surface area contributed by atoms with Gasteiger partial charge in [-0.15, -0.1) is 0 Å². The van der Waals surface area contributed by atoms with Gasteiger partial charge in [0.15, 0.2) is 0 Å². The number of halogens is 2. The summed E-state index contributed by atoms with van der Waals surface area (Å²) in [4.78, 5) is 11.3. The summed E-state index contributed by atoms with van der Waals surface area (Å²) in [6.07, 6.45) is 0. The molecule has 0 spiro atoms. The van der Waals surface area contributed by atoms with Crippen LogP contribution in [0.3, 0.4) is 0 Å². The van der Waals surface area contributed by atoms with Gasteiger partial charge in [-0.3, -0.25) is 4.21 Å². The molecular weight excluding hydrogens is 319 g/mol. The number of carboxylic acids is 1. The van der Waals surface area contributed by atoms with Crippen LogP contribution in [0.2, 0.25) is 10.0 Å². The van der Waals surface area contributed by atoms with Crippen molar-refractivity contribution in [2.45, 2.75) is 10.6 Å². The summed E-state index contributed by atoms with van der Waals surface area (Å²) >= 11 is 12.0. The van der Waals surface area contributed by atoms with E-state index in [2.05, 4.69) is 0 Å². The quantitative estimate of drug-likeness (QED) is 0.922. The lowest BCUT2D eigenvalue weighted by molar-refractivity contribution is 0.0697. The van der Waals surface area contributed by atoms with Crippen LogP contribution in [-0.4, -0.2) is 15.3 Å². The van der Waals surface area contributed by atoms with E-state index in [9.17, 15) is 9.00 Å². The Labute approximate surface area is 128 Å². The Hall–Kier alpha value is -1.36. The molecule has 0 aliphatic heterocycles. The summed E-state index contributed by atoms with van der Waals surface area (Å²) in [6.45, 7) is 0. The molecule has 0 aliphatic carbocycles. The molecule has 0 heterocycles. The summed E-state index contributed by atoms with van der Waals surface area (Å²) in [5, 5.41) is 9.62. The number of hydrogen-bond acceptors (Lipinski definition) is 2. The third-order valence-corrected chi connectivity index (χ3v) is 4.91. The van der Waals surface area contributed by atoms with E-state index in [1.54, 1.807) is 18.2 Å². The van der Waals surface area contributed by atoms with Gasteiger partial charge in [-0.05, 0) is 35.9 Å². The molecule has 3 nitrogen and oxygen atoms in total. The van der Waals surface area contributed by atoms with Crippen LogP contribution in [0, 0.1) is 0 Å². The molecule has 6 heteroatoms. The number of carbonyl (C=O) groups is 1. The molecule has 1 atom stereocenters. The molecule has 104 valence electrons. The summed E-state index contributed by atoms with van der Waals surface area (Å²) in [6, 6.07) is 11.1. The van der Waals surface area contributed by atoms with E-state index in [1.807, 2.05) is 0 Å². The number of aromatic carboxylic acids is 1. The van der Waals surface area contributed by atoms with E-state index in [-0.39, 0.29) is 11.3 Å². The SMILES string of the molecule is O=C(O)c1ccc(S(=O)Cc2cccc(Cl)c2Cl)cc1. The largest absolute Gasteiger partial charge is 0.478 e. The second-order valence-electron chi connectivity index (χ2n) is 4.03. The van der Waals surface area contributed by atoms with Crippen LogP contribution in [0.15, 0.2) is 47.4 Å². The first-order valence-electron chi connectivity index (χ1n) is 5.63. The molecule has 2 rings (SSSR count).